The summed E-state index contributed by atoms with van der Waals surface area (Å²) in [6.45, 7) is 2.58. The molecule has 1 N–H and O–H groups in total. The highest BCUT2D eigenvalue weighted by Crippen LogP contribution is 2.30. The first kappa shape index (κ1) is 28.8. The van der Waals surface area contributed by atoms with E-state index < -0.39 is 0 Å². The van der Waals surface area contributed by atoms with E-state index in [4.69, 9.17) is 4.74 Å². The van der Waals surface area contributed by atoms with Gasteiger partial charge in [-0.2, -0.15) is 5.10 Å². The number of nitrogens with one attached hydrogen (secondary N) is 1. The lowest BCUT2D eigenvalue weighted by Crippen LogP contribution is -2.17. The van der Waals surface area contributed by atoms with Crippen LogP contribution in [0.4, 0.5) is 0 Å². The van der Waals surface area contributed by atoms with Gasteiger partial charge in [-0.25, -0.2) is 5.43 Å². The molecule has 200 valence electrons. The van der Waals surface area contributed by atoms with Crippen LogP contribution in [0.3, 0.4) is 0 Å². The van der Waals surface area contributed by atoms with Gasteiger partial charge in [-0.1, -0.05) is 42.5 Å². The van der Waals surface area contributed by atoms with Gasteiger partial charge in [-0.3, -0.25) is 4.79 Å². The van der Waals surface area contributed by atoms with Crippen LogP contribution in [-0.2, 0) is 6.61 Å². The van der Waals surface area contributed by atoms with Gasteiger partial charge in [0.15, 0.2) is 0 Å². The Hall–Kier alpha value is -2.71. The fraction of sp³-hybridized carbons (Fsp3) is 0.0625. The van der Waals surface area contributed by atoms with E-state index in [1.54, 1.807) is 6.21 Å². The van der Waals surface area contributed by atoms with Crippen LogP contribution < -0.4 is 10.2 Å². The van der Waals surface area contributed by atoms with Crippen LogP contribution in [-0.4, -0.2) is 16.7 Å². The number of carbonyl (C=O) groups excluding carboxylic acids is 1. The molecule has 1 aromatic heterocycles. The number of benzene rings is 4. The van der Waals surface area contributed by atoms with Gasteiger partial charge in [0, 0.05) is 20.5 Å². The lowest BCUT2D eigenvalue weighted by Gasteiger charge is -2.13. The number of hydrazone groups is 1. The zero-order chi connectivity index (χ0) is 28.1. The number of nitrogens with zero attached hydrogens (tertiary/aromatic N) is 2. The number of carbonyl (C=O) groups is 1. The highest BCUT2D eigenvalue weighted by molar-refractivity contribution is 14.1. The number of hydrogen-bond acceptors (Lipinski definition) is 3. The molecule has 5 rings (SSSR count). The molecule has 1 amide bonds. The standard InChI is InChI=1S/C32H24I3N3O2/c1-21-7-16-30(24-5-3-2-4-6-24)38(21)27-14-10-25(11-15-27)32(39)37-36-19-23-17-28(34)31(29(35)18-23)40-20-22-8-12-26(33)13-9-22/h2-19H,20H2,1H3,(H,37,39)/b36-19+. The molecule has 0 saturated heterocycles. The van der Waals surface area contributed by atoms with Crippen molar-refractivity contribution in [1.82, 2.24) is 9.99 Å². The van der Waals surface area contributed by atoms with Crippen molar-refractivity contribution in [3.63, 3.8) is 0 Å². The van der Waals surface area contributed by atoms with Gasteiger partial charge in [0.25, 0.3) is 5.91 Å². The van der Waals surface area contributed by atoms with Gasteiger partial charge in [-0.15, -0.1) is 0 Å². The van der Waals surface area contributed by atoms with Crippen LogP contribution >= 0.6 is 67.8 Å². The monoisotopic (exact) mass is 863 g/mol. The largest absolute Gasteiger partial charge is 0.487 e. The topological polar surface area (TPSA) is 55.6 Å². The van der Waals surface area contributed by atoms with Crippen molar-refractivity contribution in [2.45, 2.75) is 13.5 Å². The Morgan fingerprint density at radius 1 is 0.875 bits per heavy atom. The molecule has 0 aliphatic carbocycles. The number of aromatic nitrogens is 1. The van der Waals surface area contributed by atoms with E-state index in [0.29, 0.717) is 12.2 Å². The van der Waals surface area contributed by atoms with E-state index in [1.165, 1.54) is 3.57 Å². The van der Waals surface area contributed by atoms with Gasteiger partial charge in [0.2, 0.25) is 0 Å². The number of aryl methyl sites for hydroxylation is 1. The van der Waals surface area contributed by atoms with Crippen LogP contribution in [0.15, 0.2) is 108 Å². The average Bonchev–Trinajstić information content (AvgIpc) is 3.35. The first-order chi connectivity index (χ1) is 19.4. The smallest absolute Gasteiger partial charge is 0.271 e. The van der Waals surface area contributed by atoms with E-state index in [0.717, 1.165) is 46.7 Å². The second-order valence-corrected chi connectivity index (χ2v) is 12.6. The summed E-state index contributed by atoms with van der Waals surface area (Å²) in [7, 11) is 0. The first-order valence-corrected chi connectivity index (χ1v) is 15.7. The zero-order valence-electron chi connectivity index (χ0n) is 21.4. The van der Waals surface area contributed by atoms with Crippen LogP contribution in [0.25, 0.3) is 16.9 Å². The molecule has 1 heterocycles. The maximum atomic E-state index is 12.8. The quantitative estimate of drug-likeness (QED) is 0.0966. The average molecular weight is 863 g/mol. The van der Waals surface area contributed by atoms with E-state index in [2.05, 4.69) is 138 Å². The second-order valence-electron chi connectivity index (χ2n) is 9.04. The normalized spacial score (nSPS) is 11.1. The third kappa shape index (κ3) is 6.95. The van der Waals surface area contributed by atoms with E-state index in [-0.39, 0.29) is 5.91 Å². The Kier molecular flexibility index (Phi) is 9.58. The zero-order valence-corrected chi connectivity index (χ0v) is 27.9. The predicted molar refractivity (Wildman–Crippen MR) is 186 cm³/mol. The van der Waals surface area contributed by atoms with E-state index in [9.17, 15) is 4.79 Å². The molecule has 0 spiro atoms. The molecule has 40 heavy (non-hydrogen) atoms. The maximum Gasteiger partial charge on any atom is 0.271 e. The summed E-state index contributed by atoms with van der Waals surface area (Å²) < 4.78 is 11.4. The van der Waals surface area contributed by atoms with Crippen molar-refractivity contribution >= 4 is 79.9 Å². The molecule has 0 atom stereocenters. The summed E-state index contributed by atoms with van der Waals surface area (Å²) >= 11 is 6.83. The molecule has 8 heteroatoms. The minimum Gasteiger partial charge on any atom is -0.487 e. The molecule has 0 fully saturated rings. The Morgan fingerprint density at radius 3 is 2.23 bits per heavy atom. The summed E-state index contributed by atoms with van der Waals surface area (Å²) in [6.07, 6.45) is 1.65. The SMILES string of the molecule is Cc1ccc(-c2ccccc2)n1-c1ccc(C(=O)N/N=C/c2cc(I)c(OCc3ccc(I)cc3)c(I)c2)cc1. The van der Waals surface area contributed by atoms with Crippen LogP contribution in [0.5, 0.6) is 5.75 Å². The Morgan fingerprint density at radius 2 is 1.55 bits per heavy atom. The molecular weight excluding hydrogens is 839 g/mol. The summed E-state index contributed by atoms with van der Waals surface area (Å²) in [5.74, 6) is 0.576. The van der Waals surface area contributed by atoms with Crippen molar-refractivity contribution in [1.29, 1.82) is 0 Å². The number of rotatable bonds is 8. The van der Waals surface area contributed by atoms with Crippen molar-refractivity contribution in [2.24, 2.45) is 5.10 Å². The third-order valence-corrected chi connectivity index (χ3v) is 8.55. The maximum absolute atomic E-state index is 12.8. The second kappa shape index (κ2) is 13.3. The van der Waals surface area contributed by atoms with Crippen LogP contribution in [0.1, 0.15) is 27.2 Å². The number of hydrogen-bond donors (Lipinski definition) is 1. The van der Waals surface area contributed by atoms with E-state index in [1.807, 2.05) is 54.6 Å². The molecule has 4 aromatic carbocycles. The molecule has 0 aliphatic heterocycles. The fourth-order valence-corrected chi connectivity index (χ4v) is 6.72. The van der Waals surface area contributed by atoms with Crippen LogP contribution in [0.2, 0.25) is 0 Å². The van der Waals surface area contributed by atoms with Gasteiger partial charge in [-0.05, 0) is 152 Å². The molecule has 5 nitrogen and oxygen atoms in total. The summed E-state index contributed by atoms with van der Waals surface area (Å²) in [5.41, 5.74) is 9.54. The fourth-order valence-electron chi connectivity index (χ4n) is 4.24. The lowest BCUT2D eigenvalue weighted by molar-refractivity contribution is 0.0955. The third-order valence-electron chi connectivity index (χ3n) is 6.23. The van der Waals surface area contributed by atoms with Gasteiger partial charge in [0.1, 0.15) is 12.4 Å². The van der Waals surface area contributed by atoms with Crippen molar-refractivity contribution in [3.8, 4) is 22.7 Å². The molecule has 0 radical (unpaired) electrons. The van der Waals surface area contributed by atoms with Crippen molar-refractivity contribution < 1.29 is 9.53 Å². The summed E-state index contributed by atoms with van der Waals surface area (Å²) in [4.78, 5) is 12.8. The molecule has 0 unspecified atom stereocenters. The molecular formula is C32H24I3N3O2. The Bertz CT molecular complexity index is 1640. The molecule has 0 saturated carbocycles. The minimum atomic E-state index is -0.266. The van der Waals surface area contributed by atoms with Gasteiger partial charge >= 0.3 is 0 Å². The molecule has 0 aliphatic rings. The van der Waals surface area contributed by atoms with Crippen molar-refractivity contribution in [3.05, 3.63) is 136 Å². The first-order valence-electron chi connectivity index (χ1n) is 12.4. The molecule has 0 bridgehead atoms. The van der Waals surface area contributed by atoms with Gasteiger partial charge in [0.05, 0.1) is 19.0 Å². The number of ether oxygens (including phenoxy) is 1. The Balaban J connectivity index is 1.23. The van der Waals surface area contributed by atoms with E-state index >= 15 is 0 Å². The number of halogens is 3. The van der Waals surface area contributed by atoms with Crippen LogP contribution in [0, 0.1) is 17.6 Å². The highest BCUT2D eigenvalue weighted by Gasteiger charge is 2.12. The van der Waals surface area contributed by atoms with Crippen molar-refractivity contribution in [2.75, 3.05) is 0 Å². The Labute approximate surface area is 274 Å². The lowest BCUT2D eigenvalue weighted by atomic mass is 10.1. The van der Waals surface area contributed by atoms with Gasteiger partial charge < -0.3 is 9.30 Å². The summed E-state index contributed by atoms with van der Waals surface area (Å²) in [6, 6.07) is 34.3. The summed E-state index contributed by atoms with van der Waals surface area (Å²) in [5, 5.41) is 4.19. The predicted octanol–water partition coefficient (Wildman–Crippen LogP) is 8.61. The highest BCUT2D eigenvalue weighted by atomic mass is 127. The number of amides is 1. The minimum absolute atomic E-state index is 0.266. The molecule has 5 aromatic rings.